The van der Waals surface area contributed by atoms with Crippen LogP contribution in [0.2, 0.25) is 0 Å². The molecule has 1 saturated heterocycles. The van der Waals surface area contributed by atoms with Gasteiger partial charge in [0.25, 0.3) is 5.91 Å². The fourth-order valence-corrected chi connectivity index (χ4v) is 2.37. The Balaban J connectivity index is 2.32. The smallest absolute Gasteiger partial charge is 0.258 e. The monoisotopic (exact) mass is 250 g/mol. The molecule has 1 aliphatic heterocycles. The van der Waals surface area contributed by atoms with Crippen molar-refractivity contribution in [3.8, 4) is 11.5 Å². The maximum atomic E-state index is 12.4. The molecule has 1 aromatic rings. The second-order valence-corrected chi connectivity index (χ2v) is 4.77. The lowest BCUT2D eigenvalue weighted by Gasteiger charge is -2.39. The predicted octanol–water partition coefficient (Wildman–Crippen LogP) is 0.920. The number of nitrogens with zero attached hydrogens (tertiary/aromatic N) is 1. The number of hydrogen-bond acceptors (Lipinski definition) is 4. The molecule has 5 heteroatoms. The summed E-state index contributed by atoms with van der Waals surface area (Å²) in [6, 6.07) is 4.11. The van der Waals surface area contributed by atoms with E-state index >= 15 is 0 Å². The molecule has 0 aliphatic carbocycles. The van der Waals surface area contributed by atoms with Gasteiger partial charge in [0.05, 0.1) is 5.56 Å². The summed E-state index contributed by atoms with van der Waals surface area (Å²) in [5.41, 5.74) is 0.149. The van der Waals surface area contributed by atoms with Gasteiger partial charge >= 0.3 is 0 Å². The lowest BCUT2D eigenvalue weighted by Crippen LogP contribution is -2.57. The summed E-state index contributed by atoms with van der Waals surface area (Å²) >= 11 is 0. The standard InChI is InChI=1S/C13H18N2O3/c1-8-6-14-7-9(2)15(8)13(18)11-5-10(16)3-4-12(11)17/h3-5,8-9,14,16-17H,6-7H2,1-2H3. The van der Waals surface area contributed by atoms with Crippen molar-refractivity contribution in [2.24, 2.45) is 0 Å². The summed E-state index contributed by atoms with van der Waals surface area (Å²) in [5, 5.41) is 22.4. The van der Waals surface area contributed by atoms with E-state index in [1.807, 2.05) is 13.8 Å². The fourth-order valence-electron chi connectivity index (χ4n) is 2.37. The second-order valence-electron chi connectivity index (χ2n) is 4.77. The number of nitrogens with one attached hydrogen (secondary N) is 1. The number of amides is 1. The van der Waals surface area contributed by atoms with Crippen LogP contribution >= 0.6 is 0 Å². The predicted molar refractivity (Wildman–Crippen MR) is 67.7 cm³/mol. The number of piperazine rings is 1. The summed E-state index contributed by atoms with van der Waals surface area (Å²) in [7, 11) is 0. The van der Waals surface area contributed by atoms with Crippen LogP contribution in [0.1, 0.15) is 24.2 Å². The van der Waals surface area contributed by atoms with Gasteiger partial charge in [-0.2, -0.15) is 0 Å². The molecule has 0 spiro atoms. The van der Waals surface area contributed by atoms with E-state index < -0.39 is 0 Å². The number of benzene rings is 1. The summed E-state index contributed by atoms with van der Waals surface area (Å²) in [5.74, 6) is -0.368. The van der Waals surface area contributed by atoms with Gasteiger partial charge in [0.15, 0.2) is 0 Å². The minimum atomic E-state index is -0.245. The molecule has 0 radical (unpaired) electrons. The van der Waals surface area contributed by atoms with Crippen molar-refractivity contribution in [1.82, 2.24) is 10.2 Å². The lowest BCUT2D eigenvalue weighted by atomic mass is 10.1. The van der Waals surface area contributed by atoms with Gasteiger partial charge in [0.1, 0.15) is 11.5 Å². The van der Waals surface area contributed by atoms with Crippen LogP contribution in [-0.2, 0) is 0 Å². The van der Waals surface area contributed by atoms with Gasteiger partial charge in [-0.1, -0.05) is 0 Å². The molecule has 1 heterocycles. The molecular formula is C13H18N2O3. The highest BCUT2D eigenvalue weighted by Crippen LogP contribution is 2.25. The van der Waals surface area contributed by atoms with E-state index in [-0.39, 0.29) is 35.1 Å². The average Bonchev–Trinajstić information content (AvgIpc) is 2.32. The van der Waals surface area contributed by atoms with E-state index in [2.05, 4.69) is 5.32 Å². The van der Waals surface area contributed by atoms with Gasteiger partial charge in [0, 0.05) is 25.2 Å². The minimum Gasteiger partial charge on any atom is -0.508 e. The Bertz CT molecular complexity index is 452. The zero-order chi connectivity index (χ0) is 13.3. The van der Waals surface area contributed by atoms with Gasteiger partial charge < -0.3 is 20.4 Å². The topological polar surface area (TPSA) is 72.8 Å². The lowest BCUT2D eigenvalue weighted by molar-refractivity contribution is 0.0541. The van der Waals surface area contributed by atoms with E-state index in [1.54, 1.807) is 4.90 Å². The number of carbonyl (C=O) groups is 1. The maximum Gasteiger partial charge on any atom is 0.258 e. The van der Waals surface area contributed by atoms with Crippen LogP contribution in [-0.4, -0.2) is 46.2 Å². The number of aromatic hydroxyl groups is 2. The minimum absolute atomic E-state index is 0.0217. The third-order valence-electron chi connectivity index (χ3n) is 3.27. The molecule has 18 heavy (non-hydrogen) atoms. The Morgan fingerprint density at radius 2 is 1.89 bits per heavy atom. The molecule has 2 rings (SSSR count). The third kappa shape index (κ3) is 2.26. The average molecular weight is 250 g/mol. The van der Waals surface area contributed by atoms with Crippen molar-refractivity contribution < 1.29 is 15.0 Å². The summed E-state index contributed by atoms with van der Waals surface area (Å²) < 4.78 is 0. The van der Waals surface area contributed by atoms with Crippen LogP contribution in [0.5, 0.6) is 11.5 Å². The number of phenols is 2. The molecule has 3 N–H and O–H groups in total. The van der Waals surface area contributed by atoms with E-state index in [9.17, 15) is 15.0 Å². The Morgan fingerprint density at radius 1 is 1.28 bits per heavy atom. The van der Waals surface area contributed by atoms with E-state index in [1.165, 1.54) is 18.2 Å². The first-order valence-electron chi connectivity index (χ1n) is 6.06. The maximum absolute atomic E-state index is 12.4. The van der Waals surface area contributed by atoms with Crippen LogP contribution in [0.25, 0.3) is 0 Å². The van der Waals surface area contributed by atoms with Gasteiger partial charge in [0.2, 0.25) is 0 Å². The summed E-state index contributed by atoms with van der Waals surface area (Å²) in [6.07, 6.45) is 0. The first-order chi connectivity index (χ1) is 8.50. The molecular weight excluding hydrogens is 232 g/mol. The first kappa shape index (κ1) is 12.7. The molecule has 1 aromatic carbocycles. The van der Waals surface area contributed by atoms with E-state index in [0.29, 0.717) is 0 Å². The molecule has 1 aliphatic rings. The quantitative estimate of drug-likeness (QED) is 0.648. The van der Waals surface area contributed by atoms with Crippen molar-refractivity contribution in [3.63, 3.8) is 0 Å². The Hall–Kier alpha value is -1.75. The number of phenolic OH excluding ortho intramolecular Hbond substituents is 2. The summed E-state index contributed by atoms with van der Waals surface area (Å²) in [6.45, 7) is 5.38. The molecule has 0 aromatic heterocycles. The zero-order valence-corrected chi connectivity index (χ0v) is 10.6. The zero-order valence-electron chi connectivity index (χ0n) is 10.6. The largest absolute Gasteiger partial charge is 0.508 e. The molecule has 2 atom stereocenters. The second kappa shape index (κ2) is 4.86. The van der Waals surface area contributed by atoms with Crippen LogP contribution < -0.4 is 5.32 Å². The number of carbonyl (C=O) groups excluding carboxylic acids is 1. The number of hydrogen-bond donors (Lipinski definition) is 3. The van der Waals surface area contributed by atoms with Crippen LogP contribution in [0.15, 0.2) is 18.2 Å². The van der Waals surface area contributed by atoms with Crippen molar-refractivity contribution in [2.45, 2.75) is 25.9 Å². The van der Waals surface area contributed by atoms with Gasteiger partial charge in [-0.05, 0) is 32.0 Å². The van der Waals surface area contributed by atoms with E-state index in [0.717, 1.165) is 13.1 Å². The Labute approximate surface area is 106 Å². The normalized spacial score (nSPS) is 24.0. The van der Waals surface area contributed by atoms with Gasteiger partial charge in [-0.25, -0.2) is 0 Å². The highest BCUT2D eigenvalue weighted by atomic mass is 16.3. The fraction of sp³-hybridized carbons (Fsp3) is 0.462. The van der Waals surface area contributed by atoms with Crippen molar-refractivity contribution in [3.05, 3.63) is 23.8 Å². The first-order valence-corrected chi connectivity index (χ1v) is 6.06. The Kier molecular flexibility index (Phi) is 3.43. The van der Waals surface area contributed by atoms with Gasteiger partial charge in [-0.3, -0.25) is 4.79 Å². The highest BCUT2D eigenvalue weighted by molar-refractivity contribution is 5.97. The molecule has 1 amide bonds. The molecule has 1 fully saturated rings. The SMILES string of the molecule is CC1CNCC(C)N1C(=O)c1cc(O)ccc1O. The van der Waals surface area contributed by atoms with Gasteiger partial charge in [-0.15, -0.1) is 0 Å². The highest BCUT2D eigenvalue weighted by Gasteiger charge is 2.30. The molecule has 98 valence electrons. The van der Waals surface area contributed by atoms with Crippen molar-refractivity contribution in [2.75, 3.05) is 13.1 Å². The van der Waals surface area contributed by atoms with Crippen LogP contribution in [0.4, 0.5) is 0 Å². The van der Waals surface area contributed by atoms with Crippen molar-refractivity contribution >= 4 is 5.91 Å². The third-order valence-corrected chi connectivity index (χ3v) is 3.27. The Morgan fingerprint density at radius 3 is 2.50 bits per heavy atom. The molecule has 5 nitrogen and oxygen atoms in total. The molecule has 2 unspecified atom stereocenters. The van der Waals surface area contributed by atoms with Crippen molar-refractivity contribution in [1.29, 1.82) is 0 Å². The number of rotatable bonds is 1. The van der Waals surface area contributed by atoms with Crippen LogP contribution in [0.3, 0.4) is 0 Å². The molecule has 0 bridgehead atoms. The molecule has 0 saturated carbocycles. The summed E-state index contributed by atoms with van der Waals surface area (Å²) in [4.78, 5) is 14.2. The van der Waals surface area contributed by atoms with Crippen LogP contribution in [0, 0.1) is 0 Å². The van der Waals surface area contributed by atoms with E-state index in [4.69, 9.17) is 0 Å².